The van der Waals surface area contributed by atoms with Crippen LogP contribution in [0.1, 0.15) is 5.69 Å². The fourth-order valence-corrected chi connectivity index (χ4v) is 2.03. The minimum absolute atomic E-state index is 0.113. The van der Waals surface area contributed by atoms with Crippen molar-refractivity contribution in [3.8, 4) is 0 Å². The first-order valence-corrected chi connectivity index (χ1v) is 7.24. The van der Waals surface area contributed by atoms with Gasteiger partial charge in [0.15, 0.2) is 0 Å². The van der Waals surface area contributed by atoms with Crippen LogP contribution in [0.2, 0.25) is 0 Å². The zero-order chi connectivity index (χ0) is 16.7. The summed E-state index contributed by atoms with van der Waals surface area (Å²) in [5, 5.41) is 3.48. The molecule has 120 valence electrons. The molecule has 1 aromatic heterocycles. The maximum Gasteiger partial charge on any atom is 0.325 e. The fraction of sp³-hybridized carbons (Fsp3) is 0.235. The molecule has 1 unspecified atom stereocenters. The van der Waals surface area contributed by atoms with Gasteiger partial charge in [-0.3, -0.25) is 14.6 Å². The maximum absolute atomic E-state index is 11.9. The van der Waals surface area contributed by atoms with Crippen LogP contribution in [0.25, 0.3) is 10.9 Å². The Bertz CT molecular complexity index is 715. The second kappa shape index (κ2) is 8.05. The van der Waals surface area contributed by atoms with Crippen LogP contribution in [0.3, 0.4) is 0 Å². The van der Waals surface area contributed by atoms with Gasteiger partial charge >= 0.3 is 5.97 Å². The molecule has 6 heteroatoms. The van der Waals surface area contributed by atoms with Crippen molar-refractivity contribution in [3.63, 3.8) is 0 Å². The van der Waals surface area contributed by atoms with E-state index < -0.39 is 17.9 Å². The van der Waals surface area contributed by atoms with Crippen LogP contribution in [-0.2, 0) is 20.7 Å². The Balaban J connectivity index is 1.89. The van der Waals surface area contributed by atoms with Gasteiger partial charge < -0.3 is 15.8 Å². The molecule has 1 atom stereocenters. The summed E-state index contributed by atoms with van der Waals surface area (Å²) in [4.78, 5) is 27.7. The molecule has 0 bridgehead atoms. The average Bonchev–Trinajstić information content (AvgIpc) is 2.57. The van der Waals surface area contributed by atoms with Gasteiger partial charge in [0.25, 0.3) is 0 Å². The SMILES string of the molecule is C=CCOC(=O)CNC(=O)C(N)Cc1ccc2ccccc2n1. The number of nitrogens with two attached hydrogens (primary N) is 1. The molecule has 3 N–H and O–H groups in total. The highest BCUT2D eigenvalue weighted by Gasteiger charge is 2.16. The van der Waals surface area contributed by atoms with Crippen molar-refractivity contribution in [2.45, 2.75) is 12.5 Å². The van der Waals surface area contributed by atoms with Crippen LogP contribution in [-0.4, -0.2) is 36.1 Å². The number of benzene rings is 1. The number of pyridine rings is 1. The molecule has 2 rings (SSSR count). The first-order chi connectivity index (χ1) is 11.1. The molecule has 1 aromatic carbocycles. The van der Waals surface area contributed by atoms with E-state index in [1.54, 1.807) is 0 Å². The third-order valence-corrected chi connectivity index (χ3v) is 3.19. The molecule has 0 aliphatic rings. The molecule has 0 aliphatic heterocycles. The lowest BCUT2D eigenvalue weighted by atomic mass is 10.1. The number of hydrogen-bond acceptors (Lipinski definition) is 5. The van der Waals surface area contributed by atoms with E-state index >= 15 is 0 Å². The van der Waals surface area contributed by atoms with Crippen molar-refractivity contribution < 1.29 is 14.3 Å². The van der Waals surface area contributed by atoms with Gasteiger partial charge in [0.05, 0.1) is 11.6 Å². The zero-order valence-electron chi connectivity index (χ0n) is 12.7. The van der Waals surface area contributed by atoms with E-state index in [1.807, 2.05) is 36.4 Å². The lowest BCUT2D eigenvalue weighted by Crippen LogP contribution is -2.44. The minimum atomic E-state index is -0.782. The monoisotopic (exact) mass is 313 g/mol. The summed E-state index contributed by atoms with van der Waals surface area (Å²) in [5.41, 5.74) is 7.43. The lowest BCUT2D eigenvalue weighted by Gasteiger charge is -2.12. The van der Waals surface area contributed by atoms with Gasteiger partial charge in [0.1, 0.15) is 13.2 Å². The van der Waals surface area contributed by atoms with Crippen LogP contribution in [0.4, 0.5) is 0 Å². The molecule has 2 aromatic rings. The Morgan fingerprint density at radius 3 is 2.87 bits per heavy atom. The van der Waals surface area contributed by atoms with E-state index in [1.165, 1.54) is 6.08 Å². The van der Waals surface area contributed by atoms with Gasteiger partial charge in [-0.15, -0.1) is 0 Å². The number of fused-ring (bicyclic) bond motifs is 1. The molecule has 0 fully saturated rings. The normalized spacial score (nSPS) is 11.7. The summed E-state index contributed by atoms with van der Waals surface area (Å²) in [5.74, 6) is -0.954. The number of nitrogens with one attached hydrogen (secondary N) is 1. The highest BCUT2D eigenvalue weighted by molar-refractivity contribution is 5.85. The number of carbonyl (C=O) groups excluding carboxylic acids is 2. The van der Waals surface area contributed by atoms with Crippen molar-refractivity contribution >= 4 is 22.8 Å². The minimum Gasteiger partial charge on any atom is -0.460 e. The predicted octanol–water partition coefficient (Wildman–Crippen LogP) is 0.950. The number of esters is 1. The van der Waals surface area contributed by atoms with Crippen molar-refractivity contribution in [1.82, 2.24) is 10.3 Å². The van der Waals surface area contributed by atoms with E-state index in [0.29, 0.717) is 6.42 Å². The first kappa shape index (κ1) is 16.6. The Labute approximate surface area is 134 Å². The predicted molar refractivity (Wildman–Crippen MR) is 87.6 cm³/mol. The maximum atomic E-state index is 11.9. The van der Waals surface area contributed by atoms with Crippen molar-refractivity contribution in [2.75, 3.05) is 13.2 Å². The summed E-state index contributed by atoms with van der Waals surface area (Å²) < 4.78 is 4.76. The van der Waals surface area contributed by atoms with Crippen LogP contribution in [0, 0.1) is 0 Å². The first-order valence-electron chi connectivity index (χ1n) is 7.24. The van der Waals surface area contributed by atoms with E-state index in [4.69, 9.17) is 10.5 Å². The summed E-state index contributed by atoms with van der Waals surface area (Å²) in [6, 6.07) is 10.7. The van der Waals surface area contributed by atoms with Gasteiger partial charge in [-0.2, -0.15) is 0 Å². The molecule has 1 heterocycles. The van der Waals surface area contributed by atoms with Crippen molar-refractivity contribution in [1.29, 1.82) is 0 Å². The third kappa shape index (κ3) is 4.89. The van der Waals surface area contributed by atoms with Crippen LogP contribution >= 0.6 is 0 Å². The Hall–Kier alpha value is -2.73. The lowest BCUT2D eigenvalue weighted by molar-refractivity contribution is -0.142. The molecule has 0 saturated carbocycles. The second-order valence-electron chi connectivity index (χ2n) is 5.00. The summed E-state index contributed by atoms with van der Waals surface area (Å²) in [6.07, 6.45) is 1.75. The van der Waals surface area contributed by atoms with Gasteiger partial charge in [-0.05, 0) is 12.1 Å². The van der Waals surface area contributed by atoms with Gasteiger partial charge in [-0.1, -0.05) is 36.9 Å². The zero-order valence-corrected chi connectivity index (χ0v) is 12.7. The van der Waals surface area contributed by atoms with Crippen molar-refractivity contribution in [2.24, 2.45) is 5.73 Å². The van der Waals surface area contributed by atoms with Crippen LogP contribution in [0.5, 0.6) is 0 Å². The van der Waals surface area contributed by atoms with Gasteiger partial charge in [0.2, 0.25) is 5.91 Å². The molecular weight excluding hydrogens is 294 g/mol. The quantitative estimate of drug-likeness (QED) is 0.586. The Kier molecular flexibility index (Phi) is 5.82. The average molecular weight is 313 g/mol. The number of nitrogens with zero attached hydrogens (tertiary/aromatic N) is 1. The summed E-state index contributed by atoms with van der Waals surface area (Å²) in [7, 11) is 0. The third-order valence-electron chi connectivity index (χ3n) is 3.19. The van der Waals surface area contributed by atoms with E-state index in [2.05, 4.69) is 16.9 Å². The fourth-order valence-electron chi connectivity index (χ4n) is 2.03. The number of aromatic nitrogens is 1. The molecule has 0 radical (unpaired) electrons. The molecule has 1 amide bonds. The number of para-hydroxylation sites is 1. The highest BCUT2D eigenvalue weighted by atomic mass is 16.5. The highest BCUT2D eigenvalue weighted by Crippen LogP contribution is 2.12. The van der Waals surface area contributed by atoms with Gasteiger partial charge in [-0.25, -0.2) is 0 Å². The number of carbonyl (C=O) groups is 2. The molecule has 0 aliphatic carbocycles. The van der Waals surface area contributed by atoms with Crippen LogP contribution < -0.4 is 11.1 Å². The number of hydrogen-bond donors (Lipinski definition) is 2. The van der Waals surface area contributed by atoms with E-state index in [0.717, 1.165) is 16.6 Å². The standard InChI is InChI=1S/C17H19N3O3/c1-2-9-23-16(21)11-19-17(22)14(18)10-13-8-7-12-5-3-4-6-15(12)20-13/h2-8,14H,1,9-11,18H2,(H,19,22). The smallest absolute Gasteiger partial charge is 0.325 e. The topological polar surface area (TPSA) is 94.3 Å². The summed E-state index contributed by atoms with van der Waals surface area (Å²) in [6.45, 7) is 3.33. The number of ether oxygens (including phenoxy) is 1. The Morgan fingerprint density at radius 1 is 1.30 bits per heavy atom. The van der Waals surface area contributed by atoms with Crippen LogP contribution in [0.15, 0.2) is 49.1 Å². The molecular formula is C17H19N3O3. The molecule has 23 heavy (non-hydrogen) atoms. The second-order valence-corrected chi connectivity index (χ2v) is 5.00. The largest absolute Gasteiger partial charge is 0.460 e. The Morgan fingerprint density at radius 2 is 2.09 bits per heavy atom. The molecule has 0 spiro atoms. The van der Waals surface area contributed by atoms with E-state index in [9.17, 15) is 9.59 Å². The number of amides is 1. The number of rotatable bonds is 7. The van der Waals surface area contributed by atoms with E-state index in [-0.39, 0.29) is 13.2 Å². The molecule has 0 saturated heterocycles. The summed E-state index contributed by atoms with van der Waals surface area (Å²) >= 11 is 0. The van der Waals surface area contributed by atoms with Gasteiger partial charge in [0, 0.05) is 17.5 Å². The molecule has 6 nitrogen and oxygen atoms in total. The van der Waals surface area contributed by atoms with Crippen molar-refractivity contribution in [3.05, 3.63) is 54.7 Å².